The van der Waals surface area contributed by atoms with Crippen LogP contribution in [-0.2, 0) is 16.2 Å². The van der Waals surface area contributed by atoms with Crippen molar-refractivity contribution in [3.8, 4) is 0 Å². The maximum Gasteiger partial charge on any atom is 0.223 e. The van der Waals surface area contributed by atoms with E-state index in [9.17, 15) is 4.79 Å². The van der Waals surface area contributed by atoms with Gasteiger partial charge in [-0.1, -0.05) is 24.4 Å². The minimum Gasteiger partial charge on any atom is -0.388 e. The standard InChI is InChI=1S/C24H32N6O2/c1-2-30-22-19(14-26-30)21(27-16-6-4-3-5-7-16)18(13-25-22)20-12-24(32-29-20)10-15(11-24)23(31)28-17-8-9-17/h13-17H,2-12H2,1H3,(H,25,27)(H,28,31). The van der Waals surface area contributed by atoms with Crippen molar-refractivity contribution >= 4 is 28.3 Å². The Morgan fingerprint density at radius 3 is 2.72 bits per heavy atom. The summed E-state index contributed by atoms with van der Waals surface area (Å²) in [4.78, 5) is 23.1. The molecule has 0 radical (unpaired) electrons. The summed E-state index contributed by atoms with van der Waals surface area (Å²) in [6.07, 6.45) is 14.6. The minimum absolute atomic E-state index is 0.0494. The predicted octanol–water partition coefficient (Wildman–Crippen LogP) is 3.75. The number of rotatable bonds is 6. The Balaban J connectivity index is 1.24. The van der Waals surface area contributed by atoms with E-state index in [0.717, 1.165) is 66.6 Å². The smallest absolute Gasteiger partial charge is 0.223 e. The van der Waals surface area contributed by atoms with Gasteiger partial charge in [-0.05, 0) is 32.6 Å². The van der Waals surface area contributed by atoms with Crippen LogP contribution in [0, 0.1) is 5.92 Å². The van der Waals surface area contributed by atoms with Crippen molar-refractivity contribution in [3.05, 3.63) is 18.0 Å². The normalized spacial score (nSPS) is 27.8. The first-order valence-corrected chi connectivity index (χ1v) is 12.3. The van der Waals surface area contributed by atoms with Crippen LogP contribution in [0.1, 0.15) is 76.7 Å². The van der Waals surface area contributed by atoms with Crippen LogP contribution >= 0.6 is 0 Å². The second-order valence-electron chi connectivity index (χ2n) is 10.1. The van der Waals surface area contributed by atoms with Crippen LogP contribution in [0.5, 0.6) is 0 Å². The highest BCUT2D eigenvalue weighted by atomic mass is 16.7. The molecule has 0 bridgehead atoms. The molecular formula is C24H32N6O2. The van der Waals surface area contributed by atoms with E-state index in [1.807, 2.05) is 17.1 Å². The van der Waals surface area contributed by atoms with E-state index in [2.05, 4.69) is 27.8 Å². The van der Waals surface area contributed by atoms with Gasteiger partial charge in [-0.25, -0.2) is 9.67 Å². The highest BCUT2D eigenvalue weighted by Gasteiger charge is 2.54. The van der Waals surface area contributed by atoms with Crippen molar-refractivity contribution < 1.29 is 9.63 Å². The lowest BCUT2D eigenvalue weighted by Crippen LogP contribution is -2.50. The van der Waals surface area contributed by atoms with E-state index in [-0.39, 0.29) is 17.4 Å². The van der Waals surface area contributed by atoms with Crippen molar-refractivity contribution in [1.29, 1.82) is 0 Å². The number of aryl methyl sites for hydroxylation is 1. The fourth-order valence-corrected chi connectivity index (χ4v) is 5.54. The second-order valence-corrected chi connectivity index (χ2v) is 10.1. The number of aromatic nitrogens is 3. The SMILES string of the molecule is CCn1ncc2c(NC3CCCCC3)c(C3=NOC4(C3)CC(C(=O)NC3CC3)C4)cnc21. The maximum atomic E-state index is 12.4. The first-order valence-electron chi connectivity index (χ1n) is 12.3. The summed E-state index contributed by atoms with van der Waals surface area (Å²) in [5.74, 6) is 0.235. The Morgan fingerprint density at radius 2 is 1.97 bits per heavy atom. The Hall–Kier alpha value is -2.64. The molecular weight excluding hydrogens is 404 g/mol. The zero-order chi connectivity index (χ0) is 21.7. The van der Waals surface area contributed by atoms with Gasteiger partial charge in [0, 0.05) is 55.6 Å². The molecule has 170 valence electrons. The first-order chi connectivity index (χ1) is 15.6. The molecule has 2 N–H and O–H groups in total. The van der Waals surface area contributed by atoms with Crippen LogP contribution in [0.15, 0.2) is 17.5 Å². The summed E-state index contributed by atoms with van der Waals surface area (Å²) in [5, 5.41) is 17.1. The topological polar surface area (TPSA) is 93.4 Å². The number of amides is 1. The van der Waals surface area contributed by atoms with Crippen LogP contribution in [0.3, 0.4) is 0 Å². The third kappa shape index (κ3) is 3.53. The van der Waals surface area contributed by atoms with Crippen molar-refractivity contribution in [1.82, 2.24) is 20.1 Å². The number of carbonyl (C=O) groups excluding carboxylic acids is 1. The van der Waals surface area contributed by atoms with E-state index in [0.29, 0.717) is 12.1 Å². The molecule has 1 aliphatic heterocycles. The van der Waals surface area contributed by atoms with E-state index in [1.165, 1.54) is 32.1 Å². The monoisotopic (exact) mass is 436 g/mol. The Morgan fingerprint density at radius 1 is 1.16 bits per heavy atom. The molecule has 32 heavy (non-hydrogen) atoms. The molecule has 0 aromatic carbocycles. The molecule has 4 aliphatic rings. The highest BCUT2D eigenvalue weighted by molar-refractivity contribution is 6.11. The van der Waals surface area contributed by atoms with Gasteiger partial charge >= 0.3 is 0 Å². The summed E-state index contributed by atoms with van der Waals surface area (Å²) in [7, 11) is 0. The van der Waals surface area contributed by atoms with Crippen molar-refractivity contribution in [2.24, 2.45) is 11.1 Å². The van der Waals surface area contributed by atoms with Gasteiger partial charge in [0.05, 0.1) is 23.0 Å². The number of hydrogen-bond acceptors (Lipinski definition) is 6. The number of carbonyl (C=O) groups is 1. The van der Waals surface area contributed by atoms with Gasteiger partial charge in [-0.2, -0.15) is 5.10 Å². The third-order valence-corrected chi connectivity index (χ3v) is 7.60. The van der Waals surface area contributed by atoms with E-state index < -0.39 is 0 Å². The molecule has 0 saturated heterocycles. The lowest BCUT2D eigenvalue weighted by atomic mass is 9.68. The second kappa shape index (κ2) is 7.74. The van der Waals surface area contributed by atoms with Crippen molar-refractivity contribution in [3.63, 3.8) is 0 Å². The molecule has 8 nitrogen and oxygen atoms in total. The van der Waals surface area contributed by atoms with Gasteiger partial charge in [0.25, 0.3) is 0 Å². The largest absolute Gasteiger partial charge is 0.388 e. The summed E-state index contributed by atoms with van der Waals surface area (Å²) >= 11 is 0. The molecule has 0 unspecified atom stereocenters. The molecule has 8 heteroatoms. The Labute approximate surface area is 188 Å². The summed E-state index contributed by atoms with van der Waals surface area (Å²) in [5.41, 5.74) is 3.61. The summed E-state index contributed by atoms with van der Waals surface area (Å²) in [6, 6.07) is 0.875. The number of nitrogens with one attached hydrogen (secondary N) is 2. The van der Waals surface area contributed by atoms with Crippen LogP contribution < -0.4 is 10.6 Å². The zero-order valence-corrected chi connectivity index (χ0v) is 18.8. The van der Waals surface area contributed by atoms with Crippen LogP contribution in [-0.4, -0.2) is 44.1 Å². The highest BCUT2D eigenvalue weighted by Crippen LogP contribution is 2.48. The van der Waals surface area contributed by atoms with Gasteiger partial charge in [-0.3, -0.25) is 4.79 Å². The minimum atomic E-state index is -0.328. The average Bonchev–Trinajstić information content (AvgIpc) is 3.32. The molecule has 2 aromatic heterocycles. The van der Waals surface area contributed by atoms with Crippen LogP contribution in [0.4, 0.5) is 5.69 Å². The molecule has 3 saturated carbocycles. The van der Waals surface area contributed by atoms with E-state index in [1.54, 1.807) is 0 Å². The molecule has 3 fully saturated rings. The van der Waals surface area contributed by atoms with Crippen LogP contribution in [0.25, 0.3) is 11.0 Å². The first kappa shape index (κ1) is 20.0. The average molecular weight is 437 g/mol. The summed E-state index contributed by atoms with van der Waals surface area (Å²) < 4.78 is 1.94. The maximum absolute atomic E-state index is 12.4. The van der Waals surface area contributed by atoms with Gasteiger partial charge in [0.15, 0.2) is 5.65 Å². The van der Waals surface area contributed by atoms with Crippen LogP contribution in [0.2, 0.25) is 0 Å². The van der Waals surface area contributed by atoms with E-state index >= 15 is 0 Å². The zero-order valence-electron chi connectivity index (χ0n) is 18.8. The lowest BCUT2D eigenvalue weighted by molar-refractivity contribution is -0.147. The summed E-state index contributed by atoms with van der Waals surface area (Å²) in [6.45, 7) is 2.87. The molecule has 2 aromatic rings. The number of oxime groups is 1. The Bertz CT molecular complexity index is 1060. The van der Waals surface area contributed by atoms with Gasteiger partial charge in [0.2, 0.25) is 5.91 Å². The number of fused-ring (bicyclic) bond motifs is 1. The van der Waals surface area contributed by atoms with Gasteiger partial charge in [0.1, 0.15) is 5.60 Å². The van der Waals surface area contributed by atoms with E-state index in [4.69, 9.17) is 9.82 Å². The fraction of sp³-hybridized carbons (Fsp3) is 0.667. The molecule has 1 amide bonds. The molecule has 1 spiro atoms. The van der Waals surface area contributed by atoms with Gasteiger partial charge < -0.3 is 15.5 Å². The van der Waals surface area contributed by atoms with Crippen molar-refractivity contribution in [2.45, 2.75) is 95.4 Å². The number of anilines is 1. The molecule has 3 aliphatic carbocycles. The lowest BCUT2D eigenvalue weighted by Gasteiger charge is -2.41. The quantitative estimate of drug-likeness (QED) is 0.719. The molecule has 0 atom stereocenters. The number of hydrogen-bond donors (Lipinski definition) is 2. The van der Waals surface area contributed by atoms with Gasteiger partial charge in [-0.15, -0.1) is 0 Å². The number of nitrogens with zero attached hydrogens (tertiary/aromatic N) is 4. The number of pyridine rings is 1. The molecule has 6 rings (SSSR count). The fourth-order valence-electron chi connectivity index (χ4n) is 5.54. The Kier molecular flexibility index (Phi) is 4.84. The van der Waals surface area contributed by atoms with Crippen molar-refractivity contribution in [2.75, 3.05) is 5.32 Å². The predicted molar refractivity (Wildman–Crippen MR) is 123 cm³/mol. The molecule has 3 heterocycles. The third-order valence-electron chi connectivity index (χ3n) is 7.60.